The predicted octanol–water partition coefficient (Wildman–Crippen LogP) is 1.89. The highest BCUT2D eigenvalue weighted by Gasteiger charge is 2.35. The van der Waals surface area contributed by atoms with Gasteiger partial charge in [-0.05, 0) is 63.2 Å². The predicted molar refractivity (Wildman–Crippen MR) is 95.3 cm³/mol. The molecule has 1 aliphatic heterocycles. The van der Waals surface area contributed by atoms with Crippen LogP contribution in [0, 0.1) is 5.92 Å². The van der Waals surface area contributed by atoms with E-state index in [1.807, 2.05) is 12.1 Å². The van der Waals surface area contributed by atoms with Crippen LogP contribution in [-0.2, 0) is 4.79 Å². The van der Waals surface area contributed by atoms with Gasteiger partial charge in [-0.1, -0.05) is 6.07 Å². The number of amides is 1. The molecule has 2 fully saturated rings. The molecular weight excluding hydrogens is 318 g/mol. The number of pyridine rings is 1. The number of likely N-dealkylation sites (tertiary alicyclic amines) is 1. The van der Waals surface area contributed by atoms with E-state index in [1.165, 1.54) is 25.9 Å². The Balaban J connectivity index is 1.54. The molecule has 2 N–H and O–H groups in total. The van der Waals surface area contributed by atoms with Crippen molar-refractivity contribution in [3.8, 4) is 5.88 Å². The van der Waals surface area contributed by atoms with Crippen LogP contribution in [0.15, 0.2) is 18.3 Å². The second-order valence-electron chi connectivity index (χ2n) is 7.22. The summed E-state index contributed by atoms with van der Waals surface area (Å²) in [7, 11) is 1.59. The van der Waals surface area contributed by atoms with E-state index < -0.39 is 0 Å². The first kappa shape index (κ1) is 18.1. The fourth-order valence-corrected chi connectivity index (χ4v) is 3.79. The quantitative estimate of drug-likeness (QED) is 0.751. The molecule has 1 atom stereocenters. The molecule has 1 aromatic heterocycles. The van der Waals surface area contributed by atoms with Crippen LogP contribution >= 0.6 is 0 Å². The van der Waals surface area contributed by atoms with Gasteiger partial charge in [0.25, 0.3) is 0 Å². The first-order valence-electron chi connectivity index (χ1n) is 9.35. The Morgan fingerprint density at radius 1 is 1.40 bits per heavy atom. The van der Waals surface area contributed by atoms with Gasteiger partial charge < -0.3 is 20.1 Å². The van der Waals surface area contributed by atoms with Crippen LogP contribution in [-0.4, -0.2) is 53.7 Å². The summed E-state index contributed by atoms with van der Waals surface area (Å²) in [6, 6.07) is 3.68. The molecule has 3 rings (SSSR count). The van der Waals surface area contributed by atoms with E-state index in [9.17, 15) is 9.90 Å². The number of hydrogen-bond acceptors (Lipinski definition) is 5. The van der Waals surface area contributed by atoms with E-state index >= 15 is 0 Å². The minimum Gasteiger partial charge on any atom is -0.481 e. The van der Waals surface area contributed by atoms with Crippen molar-refractivity contribution in [2.24, 2.45) is 5.92 Å². The van der Waals surface area contributed by atoms with Crippen molar-refractivity contribution in [3.63, 3.8) is 0 Å². The molecule has 6 heteroatoms. The van der Waals surface area contributed by atoms with Crippen molar-refractivity contribution in [2.45, 2.75) is 50.7 Å². The maximum atomic E-state index is 12.4. The highest BCUT2D eigenvalue weighted by atomic mass is 16.5. The third kappa shape index (κ3) is 4.92. The summed E-state index contributed by atoms with van der Waals surface area (Å²) >= 11 is 0. The van der Waals surface area contributed by atoms with Crippen LogP contribution < -0.4 is 10.1 Å². The number of nitrogens with one attached hydrogen (secondary N) is 1. The lowest BCUT2D eigenvalue weighted by molar-refractivity contribution is -0.123. The van der Waals surface area contributed by atoms with Crippen LogP contribution in [0.25, 0.3) is 0 Å². The second kappa shape index (κ2) is 8.63. The number of aliphatic hydroxyl groups is 1. The molecule has 25 heavy (non-hydrogen) atoms. The molecule has 1 amide bonds. The van der Waals surface area contributed by atoms with Crippen molar-refractivity contribution < 1.29 is 14.6 Å². The number of aliphatic hydroxyl groups excluding tert-OH is 1. The fraction of sp³-hybridized carbons (Fsp3) is 0.684. The molecule has 2 heterocycles. The summed E-state index contributed by atoms with van der Waals surface area (Å²) in [4.78, 5) is 19.1. The largest absolute Gasteiger partial charge is 0.481 e. The van der Waals surface area contributed by atoms with Crippen LogP contribution in [0.3, 0.4) is 0 Å². The molecule has 1 aromatic rings. The number of ether oxygens (including phenoxy) is 1. The Labute approximate surface area is 149 Å². The van der Waals surface area contributed by atoms with Gasteiger partial charge in [0.15, 0.2) is 0 Å². The summed E-state index contributed by atoms with van der Waals surface area (Å²) in [6.07, 6.45) is 6.98. The Hall–Kier alpha value is -1.66. The molecule has 0 aromatic carbocycles. The number of nitrogens with zero attached hydrogens (tertiary/aromatic N) is 2. The zero-order valence-corrected chi connectivity index (χ0v) is 15.0. The fourth-order valence-electron chi connectivity index (χ4n) is 3.79. The van der Waals surface area contributed by atoms with E-state index in [-0.39, 0.29) is 24.0 Å². The second-order valence-corrected chi connectivity index (χ2v) is 7.22. The Bertz CT molecular complexity index is 552. The summed E-state index contributed by atoms with van der Waals surface area (Å²) < 4.78 is 5.11. The van der Waals surface area contributed by atoms with Gasteiger partial charge in [0, 0.05) is 18.7 Å². The van der Waals surface area contributed by atoms with Gasteiger partial charge in [-0.3, -0.25) is 4.79 Å². The van der Waals surface area contributed by atoms with Gasteiger partial charge in [-0.15, -0.1) is 0 Å². The molecule has 2 aliphatic rings. The van der Waals surface area contributed by atoms with E-state index in [0.717, 1.165) is 31.4 Å². The molecular formula is C19H29N3O3. The van der Waals surface area contributed by atoms with Crippen molar-refractivity contribution >= 4 is 5.91 Å². The van der Waals surface area contributed by atoms with Crippen molar-refractivity contribution in [3.05, 3.63) is 23.9 Å². The van der Waals surface area contributed by atoms with E-state index in [2.05, 4.69) is 15.2 Å². The normalized spacial score (nSPS) is 24.6. The lowest BCUT2D eigenvalue weighted by Gasteiger charge is -2.38. The first-order valence-corrected chi connectivity index (χ1v) is 9.35. The summed E-state index contributed by atoms with van der Waals surface area (Å²) in [5.74, 6) is 0.919. The number of aromatic nitrogens is 1. The van der Waals surface area contributed by atoms with Crippen molar-refractivity contribution in [1.82, 2.24) is 15.2 Å². The Morgan fingerprint density at radius 2 is 2.16 bits per heavy atom. The van der Waals surface area contributed by atoms with Gasteiger partial charge in [0.05, 0.1) is 19.3 Å². The highest BCUT2D eigenvalue weighted by Crippen LogP contribution is 2.38. The van der Waals surface area contributed by atoms with Crippen molar-refractivity contribution in [2.75, 3.05) is 26.7 Å². The zero-order valence-electron chi connectivity index (χ0n) is 15.0. The average Bonchev–Trinajstić information content (AvgIpc) is 3.11. The highest BCUT2D eigenvalue weighted by molar-refractivity contribution is 5.76. The molecule has 1 saturated carbocycles. The van der Waals surface area contributed by atoms with Gasteiger partial charge in [-0.25, -0.2) is 4.98 Å². The summed E-state index contributed by atoms with van der Waals surface area (Å²) in [5.41, 5.74) is 0.977. The standard InChI is InChI=1S/C19H29N3O3/c1-25-18-7-6-14(13-20-18)19(15-11-16(23)12-15)21-17(24)5-4-10-22-8-2-3-9-22/h6-7,13,15-16,19,23H,2-5,8-12H2,1H3,(H,21,24). The Morgan fingerprint density at radius 3 is 2.76 bits per heavy atom. The van der Waals surface area contributed by atoms with Crippen LogP contribution in [0.5, 0.6) is 5.88 Å². The van der Waals surface area contributed by atoms with E-state index in [1.54, 1.807) is 13.3 Å². The summed E-state index contributed by atoms with van der Waals surface area (Å²) in [6.45, 7) is 3.34. The van der Waals surface area contributed by atoms with Crippen LogP contribution in [0.2, 0.25) is 0 Å². The van der Waals surface area contributed by atoms with E-state index in [0.29, 0.717) is 12.3 Å². The van der Waals surface area contributed by atoms with E-state index in [4.69, 9.17) is 4.74 Å². The molecule has 0 bridgehead atoms. The topological polar surface area (TPSA) is 74.7 Å². The van der Waals surface area contributed by atoms with Crippen molar-refractivity contribution in [1.29, 1.82) is 0 Å². The number of carbonyl (C=O) groups excluding carboxylic acids is 1. The van der Waals surface area contributed by atoms with Gasteiger partial charge in [-0.2, -0.15) is 0 Å². The number of rotatable bonds is 8. The SMILES string of the molecule is COc1ccc(C(NC(=O)CCCN2CCCC2)C2CC(O)C2)cn1. The molecule has 138 valence electrons. The number of hydrogen-bond donors (Lipinski definition) is 2. The third-order valence-corrected chi connectivity index (χ3v) is 5.34. The minimum absolute atomic E-state index is 0.0823. The first-order chi connectivity index (χ1) is 12.2. The number of methoxy groups -OCH3 is 1. The maximum Gasteiger partial charge on any atom is 0.220 e. The zero-order chi connectivity index (χ0) is 17.6. The van der Waals surface area contributed by atoms with Gasteiger partial charge in [0.2, 0.25) is 11.8 Å². The number of carbonyl (C=O) groups is 1. The smallest absolute Gasteiger partial charge is 0.220 e. The molecule has 1 unspecified atom stereocenters. The maximum absolute atomic E-state index is 12.4. The minimum atomic E-state index is -0.245. The monoisotopic (exact) mass is 347 g/mol. The lowest BCUT2D eigenvalue weighted by Crippen LogP contribution is -2.41. The molecule has 0 spiro atoms. The Kier molecular flexibility index (Phi) is 6.26. The molecule has 6 nitrogen and oxygen atoms in total. The summed E-state index contributed by atoms with van der Waals surface area (Å²) in [5, 5.41) is 12.8. The average molecular weight is 347 g/mol. The molecule has 1 saturated heterocycles. The van der Waals surface area contributed by atoms with Crippen LogP contribution in [0.1, 0.15) is 50.1 Å². The van der Waals surface area contributed by atoms with Gasteiger partial charge in [0.1, 0.15) is 0 Å². The third-order valence-electron chi connectivity index (χ3n) is 5.34. The molecule has 0 radical (unpaired) electrons. The van der Waals surface area contributed by atoms with Gasteiger partial charge >= 0.3 is 0 Å². The molecule has 1 aliphatic carbocycles. The van der Waals surface area contributed by atoms with Crippen LogP contribution in [0.4, 0.5) is 0 Å². The lowest BCUT2D eigenvalue weighted by atomic mass is 9.75.